The molecule has 0 bridgehead atoms. The number of hydrogen-bond donors (Lipinski definition) is 2. The van der Waals surface area contributed by atoms with Crippen LogP contribution in [0.5, 0.6) is 0 Å². The Morgan fingerprint density at radius 1 is 0.771 bits per heavy atom. The van der Waals surface area contributed by atoms with Gasteiger partial charge in [-0.05, 0) is 87.1 Å². The van der Waals surface area contributed by atoms with Gasteiger partial charge < -0.3 is 47.6 Å². The number of methoxy groups -OCH3 is 2. The molecular weight excluding hydrogens is 915 g/mol. The Labute approximate surface area is 417 Å². The van der Waals surface area contributed by atoms with E-state index < -0.39 is 21.5 Å². The van der Waals surface area contributed by atoms with E-state index in [4.69, 9.17) is 33.2 Å². The maximum atomic E-state index is 12.4. The zero-order valence-corrected chi connectivity index (χ0v) is 44.2. The van der Waals surface area contributed by atoms with Gasteiger partial charge >= 0.3 is 5.97 Å². The number of rotatable bonds is 31. The van der Waals surface area contributed by atoms with Crippen molar-refractivity contribution >= 4 is 33.2 Å². The molecule has 2 heterocycles. The lowest BCUT2D eigenvalue weighted by Gasteiger charge is -2.30. The van der Waals surface area contributed by atoms with Crippen molar-refractivity contribution in [2.24, 2.45) is 0 Å². The Morgan fingerprint density at radius 3 is 2.07 bits per heavy atom. The molecule has 2 aromatic rings. The molecule has 0 atom stereocenters. The molecule has 16 heteroatoms. The molecule has 3 aliphatic rings. The Bertz CT molecular complexity index is 2350. The van der Waals surface area contributed by atoms with Gasteiger partial charge in [-0.15, -0.1) is 0 Å². The van der Waals surface area contributed by atoms with E-state index in [2.05, 4.69) is 101 Å². The lowest BCUT2D eigenvalue weighted by atomic mass is 9.81. The number of ether oxygens (including phenoxy) is 7. The number of anilines is 1. The largest absolute Gasteiger partial charge is 0.493 e. The summed E-state index contributed by atoms with van der Waals surface area (Å²) in [5.41, 5.74) is 8.68. The summed E-state index contributed by atoms with van der Waals surface area (Å²) in [6.45, 7) is 18.9. The van der Waals surface area contributed by atoms with Gasteiger partial charge in [0, 0.05) is 68.1 Å². The fraction of sp³-hybridized carbons (Fsp3) is 0.593. The predicted molar refractivity (Wildman–Crippen MR) is 273 cm³/mol. The number of aliphatic carboxylic acids is 1. The van der Waals surface area contributed by atoms with Gasteiger partial charge in [-0.2, -0.15) is 13.0 Å². The van der Waals surface area contributed by atoms with Crippen molar-refractivity contribution in [2.75, 3.05) is 132 Å². The summed E-state index contributed by atoms with van der Waals surface area (Å²) in [6.07, 6.45) is 12.9. The minimum absolute atomic E-state index is 0.148. The van der Waals surface area contributed by atoms with E-state index in [1.165, 1.54) is 28.6 Å². The van der Waals surface area contributed by atoms with Gasteiger partial charge in [0.05, 0.1) is 110 Å². The van der Waals surface area contributed by atoms with Crippen molar-refractivity contribution in [1.82, 2.24) is 0 Å². The van der Waals surface area contributed by atoms with Crippen LogP contribution in [0, 0.1) is 6.92 Å². The van der Waals surface area contributed by atoms with Crippen LogP contribution in [-0.4, -0.2) is 166 Å². The fourth-order valence-corrected chi connectivity index (χ4v) is 10.0. The van der Waals surface area contributed by atoms with Crippen molar-refractivity contribution in [2.45, 2.75) is 88.9 Å². The maximum absolute atomic E-state index is 12.4. The topological polar surface area (TPSA) is 163 Å². The van der Waals surface area contributed by atoms with Gasteiger partial charge in [-0.3, -0.25) is 9.35 Å². The van der Waals surface area contributed by atoms with Crippen LogP contribution in [0.4, 0.5) is 11.4 Å². The SMILES string of the molecule is COCCOCCOCCN1C(=CC=C2CCCC(C=CC3=[N+](CCOCCOCCOC)c4ccc(S(=O)(=O)O)cc4C3(C)C)=C2OCCC[N+](C)(C)CCCC(=O)O)C(C)(C)c2cc(C)ccc21. The first-order chi connectivity index (χ1) is 33.3. The Kier molecular flexibility index (Phi) is 21.4. The zero-order valence-electron chi connectivity index (χ0n) is 43.3. The van der Waals surface area contributed by atoms with E-state index in [-0.39, 0.29) is 16.7 Å². The average molecular weight is 996 g/mol. The molecule has 0 fully saturated rings. The third-order valence-corrected chi connectivity index (χ3v) is 14.3. The first-order valence-corrected chi connectivity index (χ1v) is 26.2. The maximum Gasteiger partial charge on any atom is 0.303 e. The van der Waals surface area contributed by atoms with Crippen molar-refractivity contribution in [3.8, 4) is 0 Å². The fourth-order valence-electron chi connectivity index (χ4n) is 9.53. The van der Waals surface area contributed by atoms with Crippen molar-refractivity contribution in [1.29, 1.82) is 0 Å². The van der Waals surface area contributed by atoms with E-state index in [0.717, 1.165) is 72.6 Å². The molecule has 2 aromatic carbocycles. The standard InChI is InChI=1S/C54H79N3O12S/c1-41-16-20-47-45(39-41)53(2,3)49(55(47)24-29-65-35-37-67-33-31-63-8)22-17-42-13-10-14-43(52(42)69-28-12-27-57(6,7)26-11-15-51(58)59)18-23-50-54(4,5)46-40-44(70(60,61)62)19-21-48(46)56(50)25-30-66-36-38-68-34-32-64-9/h16-23,39-40H,10-15,24-38H2,1-9H3/p+2. The van der Waals surface area contributed by atoms with Gasteiger partial charge in [-0.25, -0.2) is 0 Å². The molecule has 0 unspecified atom stereocenters. The third kappa shape index (κ3) is 15.6. The van der Waals surface area contributed by atoms with Crippen LogP contribution >= 0.6 is 0 Å². The predicted octanol–water partition coefficient (Wildman–Crippen LogP) is 7.93. The minimum atomic E-state index is -4.44. The highest BCUT2D eigenvalue weighted by atomic mass is 32.2. The molecule has 2 N–H and O–H groups in total. The second-order valence-corrected chi connectivity index (χ2v) is 21.3. The summed E-state index contributed by atoms with van der Waals surface area (Å²) in [6, 6.07) is 11.5. The van der Waals surface area contributed by atoms with E-state index in [1.54, 1.807) is 26.4 Å². The van der Waals surface area contributed by atoms with E-state index in [1.807, 2.05) is 0 Å². The number of benzene rings is 2. The van der Waals surface area contributed by atoms with E-state index >= 15 is 0 Å². The first kappa shape index (κ1) is 56.7. The molecule has 0 amide bonds. The molecule has 70 heavy (non-hydrogen) atoms. The quantitative estimate of drug-likeness (QED) is 0.0325. The molecule has 0 saturated carbocycles. The third-order valence-electron chi connectivity index (χ3n) is 13.4. The lowest BCUT2D eigenvalue weighted by molar-refractivity contribution is -0.890. The van der Waals surface area contributed by atoms with Gasteiger partial charge in [0.25, 0.3) is 10.1 Å². The molecule has 0 aromatic heterocycles. The normalized spacial score (nSPS) is 17.9. The molecule has 0 saturated heterocycles. The van der Waals surface area contributed by atoms with Gasteiger partial charge in [0.1, 0.15) is 12.4 Å². The van der Waals surface area contributed by atoms with Crippen LogP contribution in [0.15, 0.2) is 88.2 Å². The number of fused-ring (bicyclic) bond motifs is 2. The number of carboxylic acid groups (broad SMARTS) is 1. The zero-order chi connectivity index (χ0) is 51.0. The summed E-state index contributed by atoms with van der Waals surface area (Å²) >= 11 is 0. The van der Waals surface area contributed by atoms with Crippen LogP contribution in [0.1, 0.15) is 82.9 Å². The first-order valence-electron chi connectivity index (χ1n) is 24.8. The Hall–Kier alpha value is -4.23. The summed E-state index contributed by atoms with van der Waals surface area (Å²) < 4.78 is 78.0. The Morgan fingerprint density at radius 2 is 1.41 bits per heavy atom. The average Bonchev–Trinajstić information content (AvgIpc) is 3.64. The van der Waals surface area contributed by atoms with Crippen molar-refractivity contribution in [3.63, 3.8) is 0 Å². The minimum Gasteiger partial charge on any atom is -0.493 e. The van der Waals surface area contributed by atoms with Crippen LogP contribution in [0.3, 0.4) is 0 Å². The van der Waals surface area contributed by atoms with Crippen LogP contribution < -0.4 is 4.90 Å². The smallest absolute Gasteiger partial charge is 0.303 e. The van der Waals surface area contributed by atoms with Gasteiger partial charge in [0.15, 0.2) is 12.3 Å². The van der Waals surface area contributed by atoms with Crippen LogP contribution in [0.2, 0.25) is 0 Å². The molecule has 388 valence electrons. The highest BCUT2D eigenvalue weighted by molar-refractivity contribution is 7.85. The molecule has 15 nitrogen and oxygen atoms in total. The second kappa shape index (κ2) is 26.5. The summed E-state index contributed by atoms with van der Waals surface area (Å²) in [4.78, 5) is 13.5. The Balaban J connectivity index is 1.51. The molecule has 0 spiro atoms. The number of carboxylic acids is 1. The number of quaternary nitrogens is 1. The van der Waals surface area contributed by atoms with E-state index in [0.29, 0.717) is 96.7 Å². The summed E-state index contributed by atoms with van der Waals surface area (Å²) in [7, 11) is 3.12. The highest BCUT2D eigenvalue weighted by Crippen LogP contribution is 2.48. The highest BCUT2D eigenvalue weighted by Gasteiger charge is 2.45. The summed E-state index contributed by atoms with van der Waals surface area (Å²) in [5.74, 6) is 0.0780. The lowest BCUT2D eigenvalue weighted by Crippen LogP contribution is -2.41. The molecule has 5 rings (SSSR count). The molecule has 1 aliphatic carbocycles. The number of aryl methyl sites for hydroxylation is 1. The number of allylic oxidation sites excluding steroid dienone is 7. The molecule has 0 radical (unpaired) electrons. The molecular formula is C54H81N3O12S+2. The van der Waals surface area contributed by atoms with Crippen LogP contribution in [-0.2, 0) is 58.9 Å². The second-order valence-electron chi connectivity index (χ2n) is 19.9. The number of hydrogen-bond acceptors (Lipinski definition) is 11. The number of nitrogens with zero attached hydrogens (tertiary/aromatic N) is 3. The van der Waals surface area contributed by atoms with Gasteiger partial charge in [-0.1, -0.05) is 37.6 Å². The van der Waals surface area contributed by atoms with Crippen molar-refractivity contribution < 1.29 is 65.1 Å². The summed E-state index contributed by atoms with van der Waals surface area (Å²) in [5, 5.41) is 9.24. The van der Waals surface area contributed by atoms with E-state index in [9.17, 15) is 22.9 Å². The number of carbonyl (C=O) groups is 1. The van der Waals surface area contributed by atoms with Crippen LogP contribution in [0.25, 0.3) is 0 Å². The van der Waals surface area contributed by atoms with Crippen molar-refractivity contribution in [3.05, 3.63) is 100.0 Å². The monoisotopic (exact) mass is 996 g/mol. The van der Waals surface area contributed by atoms with Gasteiger partial charge in [0.2, 0.25) is 5.69 Å². The molecule has 2 aliphatic heterocycles.